The summed E-state index contributed by atoms with van der Waals surface area (Å²) in [6, 6.07) is 3.25. The highest BCUT2D eigenvalue weighted by molar-refractivity contribution is 7.10. The molecule has 148 valence electrons. The van der Waals surface area contributed by atoms with E-state index in [0.717, 1.165) is 16.3 Å². The minimum absolute atomic E-state index is 0.172. The number of nitrogens with one attached hydrogen (secondary N) is 3. The lowest BCUT2D eigenvalue weighted by Crippen LogP contribution is -2.43. The molecular formula is C18H22N6O3S. The van der Waals surface area contributed by atoms with E-state index in [-0.39, 0.29) is 12.5 Å². The summed E-state index contributed by atoms with van der Waals surface area (Å²) in [4.78, 5) is 13.0. The van der Waals surface area contributed by atoms with Gasteiger partial charge in [0.05, 0.1) is 12.1 Å². The van der Waals surface area contributed by atoms with Crippen molar-refractivity contribution in [1.29, 1.82) is 0 Å². The summed E-state index contributed by atoms with van der Waals surface area (Å²) in [6.07, 6.45) is 3.61. The van der Waals surface area contributed by atoms with E-state index in [1.165, 1.54) is 11.3 Å². The van der Waals surface area contributed by atoms with Gasteiger partial charge < -0.3 is 31.3 Å². The number of rotatable bonds is 5. The third-order valence-corrected chi connectivity index (χ3v) is 5.77. The van der Waals surface area contributed by atoms with Gasteiger partial charge in [0.25, 0.3) is 0 Å². The van der Waals surface area contributed by atoms with Gasteiger partial charge in [-0.1, -0.05) is 0 Å². The average molecular weight is 402 g/mol. The van der Waals surface area contributed by atoms with Crippen molar-refractivity contribution in [3.63, 3.8) is 0 Å². The third kappa shape index (κ3) is 3.85. The first-order valence-corrected chi connectivity index (χ1v) is 9.90. The first-order chi connectivity index (χ1) is 13.7. The molecule has 0 bridgehead atoms. The molecule has 10 heteroatoms. The monoisotopic (exact) mass is 402 g/mol. The number of aliphatic hydroxyl groups excluding tert-OH is 3. The highest BCUT2D eigenvalue weighted by Crippen LogP contribution is 2.29. The van der Waals surface area contributed by atoms with Gasteiger partial charge >= 0.3 is 0 Å². The molecule has 1 aliphatic heterocycles. The van der Waals surface area contributed by atoms with Crippen LogP contribution in [0.3, 0.4) is 0 Å². The maximum atomic E-state index is 10.4. The van der Waals surface area contributed by atoms with E-state index >= 15 is 0 Å². The van der Waals surface area contributed by atoms with Crippen molar-refractivity contribution >= 4 is 28.6 Å². The molecule has 9 nitrogen and oxygen atoms in total. The van der Waals surface area contributed by atoms with Crippen LogP contribution in [0.2, 0.25) is 0 Å². The molecule has 28 heavy (non-hydrogen) atoms. The number of anilines is 1. The number of thiazole rings is 1. The van der Waals surface area contributed by atoms with Gasteiger partial charge in [0.2, 0.25) is 5.96 Å². The third-order valence-electron chi connectivity index (χ3n) is 4.93. The average Bonchev–Trinajstić information content (AvgIpc) is 3.33. The highest BCUT2D eigenvalue weighted by Gasteiger charge is 2.41. The topological polar surface area (TPSA) is 135 Å². The van der Waals surface area contributed by atoms with E-state index in [4.69, 9.17) is 0 Å². The van der Waals surface area contributed by atoms with Crippen LogP contribution < -0.4 is 16.0 Å². The molecule has 0 amide bonds. The van der Waals surface area contributed by atoms with E-state index in [2.05, 4.69) is 30.9 Å². The molecule has 1 fully saturated rings. The van der Waals surface area contributed by atoms with Crippen LogP contribution in [0.15, 0.2) is 46.9 Å². The summed E-state index contributed by atoms with van der Waals surface area (Å²) in [5.74, 6) is 0.775. The fourth-order valence-corrected chi connectivity index (χ4v) is 4.10. The number of pyridine rings is 1. The van der Waals surface area contributed by atoms with E-state index in [0.29, 0.717) is 24.7 Å². The molecule has 0 radical (unpaired) electrons. The number of hydrogen-bond donors (Lipinski definition) is 6. The van der Waals surface area contributed by atoms with Crippen molar-refractivity contribution < 1.29 is 15.3 Å². The summed E-state index contributed by atoms with van der Waals surface area (Å²) in [7, 11) is 0. The fourth-order valence-electron chi connectivity index (χ4n) is 3.41. The molecule has 6 N–H and O–H groups in total. The molecule has 2 aromatic heterocycles. The number of guanidine groups is 1. The van der Waals surface area contributed by atoms with Crippen molar-refractivity contribution in [2.24, 2.45) is 10.9 Å². The first kappa shape index (κ1) is 18.8. The van der Waals surface area contributed by atoms with Crippen molar-refractivity contribution in [2.45, 2.75) is 24.7 Å². The molecule has 1 aliphatic carbocycles. The molecule has 4 atom stereocenters. The van der Waals surface area contributed by atoms with Gasteiger partial charge in [-0.05, 0) is 18.6 Å². The SMILES string of the molecule is OC[C@H]1C[C@@H](NC2=C(c3nccs3)CNC(Nc3ccncc3)=N2)[C@H](O)[C@@H]1O. The van der Waals surface area contributed by atoms with Crippen LogP contribution in [0.1, 0.15) is 11.4 Å². The summed E-state index contributed by atoms with van der Waals surface area (Å²) < 4.78 is 0. The Labute approximate surface area is 165 Å². The summed E-state index contributed by atoms with van der Waals surface area (Å²) >= 11 is 1.50. The molecule has 4 rings (SSSR count). The second kappa shape index (κ2) is 8.23. The zero-order valence-electron chi connectivity index (χ0n) is 15.0. The Morgan fingerprint density at radius 1 is 1.18 bits per heavy atom. The van der Waals surface area contributed by atoms with Crippen LogP contribution in [0.5, 0.6) is 0 Å². The fraction of sp³-hybridized carbons (Fsp3) is 0.389. The molecule has 1 saturated carbocycles. The molecule has 2 aliphatic rings. The van der Waals surface area contributed by atoms with Crippen LogP contribution in [-0.4, -0.2) is 62.6 Å². The van der Waals surface area contributed by atoms with Gasteiger partial charge in [-0.2, -0.15) is 4.99 Å². The smallest absolute Gasteiger partial charge is 0.202 e. The summed E-state index contributed by atoms with van der Waals surface area (Å²) in [6.45, 7) is 0.329. The standard InChI is InChI=1S/C18H22N6O3S/c25-9-10-7-13(15(27)14(10)26)23-16-12(17-20-5-6-28-17)8-21-18(24-16)22-11-1-3-19-4-2-11/h1-6,10,13-15,23,25-27H,7-9H2,(H2,19,21,22,24)/t10-,13-,14-,15+/m1/s1. The predicted octanol–water partition coefficient (Wildman–Crippen LogP) is -0.0298. The Bertz CT molecular complexity index is 857. The zero-order valence-corrected chi connectivity index (χ0v) is 15.8. The van der Waals surface area contributed by atoms with Gasteiger partial charge in [-0.25, -0.2) is 4.98 Å². The van der Waals surface area contributed by atoms with Crippen molar-refractivity contribution in [3.8, 4) is 0 Å². The number of aromatic nitrogens is 2. The summed E-state index contributed by atoms with van der Waals surface area (Å²) in [5.41, 5.74) is 1.72. The molecule has 0 saturated heterocycles. The van der Waals surface area contributed by atoms with Gasteiger partial charge in [-0.3, -0.25) is 4.98 Å². The van der Waals surface area contributed by atoms with Crippen LogP contribution in [-0.2, 0) is 0 Å². The summed E-state index contributed by atoms with van der Waals surface area (Å²) in [5, 5.41) is 42.3. The molecule has 0 aromatic carbocycles. The van der Waals surface area contributed by atoms with Crippen LogP contribution >= 0.6 is 11.3 Å². The molecular weight excluding hydrogens is 380 g/mol. The van der Waals surface area contributed by atoms with Crippen LogP contribution in [0.25, 0.3) is 5.57 Å². The van der Waals surface area contributed by atoms with E-state index in [1.807, 2.05) is 17.5 Å². The normalized spacial score (nSPS) is 27.3. The van der Waals surface area contributed by atoms with E-state index in [9.17, 15) is 15.3 Å². The first-order valence-electron chi connectivity index (χ1n) is 9.02. The number of aliphatic imine (C=N–C) groups is 1. The highest BCUT2D eigenvalue weighted by atomic mass is 32.1. The Morgan fingerprint density at radius 2 is 2.00 bits per heavy atom. The van der Waals surface area contributed by atoms with Gasteiger partial charge in [0, 0.05) is 54.3 Å². The predicted molar refractivity (Wildman–Crippen MR) is 106 cm³/mol. The minimum Gasteiger partial charge on any atom is -0.396 e. The maximum absolute atomic E-state index is 10.4. The molecule has 0 spiro atoms. The Morgan fingerprint density at radius 3 is 2.68 bits per heavy atom. The Hall–Kier alpha value is -2.53. The van der Waals surface area contributed by atoms with Crippen LogP contribution in [0, 0.1) is 5.92 Å². The van der Waals surface area contributed by atoms with Crippen molar-refractivity contribution in [2.75, 3.05) is 18.5 Å². The van der Waals surface area contributed by atoms with E-state index < -0.39 is 18.2 Å². The largest absolute Gasteiger partial charge is 0.396 e. The Kier molecular flexibility index (Phi) is 5.53. The number of nitrogens with zero attached hydrogens (tertiary/aromatic N) is 3. The lowest BCUT2D eigenvalue weighted by molar-refractivity contribution is 0.000647. The van der Waals surface area contributed by atoms with Gasteiger partial charge in [-0.15, -0.1) is 11.3 Å². The molecule has 0 unspecified atom stereocenters. The Balaban J connectivity index is 1.61. The minimum atomic E-state index is -0.983. The second-order valence-electron chi connectivity index (χ2n) is 6.75. The second-order valence-corrected chi connectivity index (χ2v) is 7.64. The van der Waals surface area contributed by atoms with Crippen LogP contribution in [0.4, 0.5) is 5.69 Å². The van der Waals surface area contributed by atoms with Gasteiger partial charge in [0.15, 0.2) is 0 Å². The maximum Gasteiger partial charge on any atom is 0.202 e. The zero-order chi connectivity index (χ0) is 19.5. The van der Waals surface area contributed by atoms with Crippen molar-refractivity contribution in [1.82, 2.24) is 20.6 Å². The van der Waals surface area contributed by atoms with Gasteiger partial charge in [0.1, 0.15) is 16.9 Å². The number of hydrogen-bond acceptors (Lipinski definition) is 10. The quantitative estimate of drug-likeness (QED) is 0.411. The lowest BCUT2D eigenvalue weighted by Gasteiger charge is -2.25. The van der Waals surface area contributed by atoms with Crippen molar-refractivity contribution in [3.05, 3.63) is 46.9 Å². The molecule has 2 aromatic rings. The lowest BCUT2D eigenvalue weighted by atomic mass is 10.1. The molecule has 3 heterocycles. The number of aliphatic hydroxyl groups is 3. The van der Waals surface area contributed by atoms with E-state index in [1.54, 1.807) is 18.6 Å².